The Kier molecular flexibility index (Phi) is 13.7. The molecule has 0 radical (unpaired) electrons. The van der Waals surface area contributed by atoms with Crippen LogP contribution in [-0.2, 0) is 28.8 Å². The highest BCUT2D eigenvalue weighted by Crippen LogP contribution is 2.24. The van der Waals surface area contributed by atoms with Crippen molar-refractivity contribution in [2.75, 3.05) is 64.9 Å². The Hall–Kier alpha value is 0.330. The highest BCUT2D eigenvalue weighted by molar-refractivity contribution is 7.91. The summed E-state index contributed by atoms with van der Waals surface area (Å²) in [4.78, 5) is 0. The van der Waals surface area contributed by atoms with Gasteiger partial charge in [0.2, 0.25) is 0 Å². The van der Waals surface area contributed by atoms with E-state index in [-0.39, 0.29) is 18.1 Å². The number of ether oxygens (including phenoxy) is 4. The number of methoxy groups -OCH3 is 1. The molecule has 0 bridgehead atoms. The molecule has 0 aliphatic rings. The van der Waals surface area contributed by atoms with Crippen LogP contribution < -0.4 is 0 Å². The van der Waals surface area contributed by atoms with Gasteiger partial charge in [-0.3, -0.25) is 0 Å². The third-order valence-electron chi connectivity index (χ3n) is 3.20. The zero-order chi connectivity index (χ0) is 18.5. The SMILES string of the molecule is COCCOCCOCCOCCS(=O)(=O)CCC(C)(C)N(Cl)Cl. The molecule has 0 unspecified atom stereocenters. The van der Waals surface area contributed by atoms with Gasteiger partial charge in [0.25, 0.3) is 0 Å². The van der Waals surface area contributed by atoms with E-state index in [1.807, 2.05) is 0 Å². The lowest BCUT2D eigenvalue weighted by Gasteiger charge is -2.27. The first kappa shape index (κ1) is 24.3. The summed E-state index contributed by atoms with van der Waals surface area (Å²) in [5.41, 5.74) is -0.601. The molecule has 0 heterocycles. The zero-order valence-electron chi connectivity index (χ0n) is 14.6. The molecular weight excluding hydrogens is 381 g/mol. The summed E-state index contributed by atoms with van der Waals surface area (Å²) in [7, 11) is -1.59. The smallest absolute Gasteiger partial charge is 0.152 e. The van der Waals surface area contributed by atoms with E-state index in [2.05, 4.69) is 0 Å². The Morgan fingerprint density at radius 3 is 1.75 bits per heavy atom. The lowest BCUT2D eigenvalue weighted by atomic mass is 10.0. The number of hydrogen-bond donors (Lipinski definition) is 0. The maximum atomic E-state index is 11.9. The molecule has 0 atom stereocenters. The summed E-state index contributed by atoms with van der Waals surface area (Å²) in [5, 5.41) is 0. The van der Waals surface area contributed by atoms with E-state index >= 15 is 0 Å². The van der Waals surface area contributed by atoms with E-state index in [1.54, 1.807) is 21.0 Å². The number of halogens is 2. The van der Waals surface area contributed by atoms with Crippen molar-refractivity contribution in [2.45, 2.75) is 25.8 Å². The summed E-state index contributed by atoms with van der Waals surface area (Å²) >= 11 is 11.3. The van der Waals surface area contributed by atoms with E-state index in [9.17, 15) is 8.42 Å². The first-order valence-corrected chi connectivity index (χ1v) is 10.3. The molecular formula is C14H29Cl2NO6S. The molecule has 0 aromatic carbocycles. The Labute approximate surface area is 155 Å². The van der Waals surface area contributed by atoms with Gasteiger partial charge in [-0.25, -0.2) is 8.42 Å². The quantitative estimate of drug-likeness (QED) is 0.284. The zero-order valence-corrected chi connectivity index (χ0v) is 17.0. The van der Waals surface area contributed by atoms with Crippen LogP contribution in [0.5, 0.6) is 0 Å². The average molecular weight is 410 g/mol. The van der Waals surface area contributed by atoms with Crippen molar-refractivity contribution >= 4 is 33.4 Å². The van der Waals surface area contributed by atoms with Crippen LogP contribution in [-0.4, -0.2) is 82.8 Å². The van der Waals surface area contributed by atoms with Gasteiger partial charge in [0, 0.05) is 12.6 Å². The highest BCUT2D eigenvalue weighted by atomic mass is 35.5. The average Bonchev–Trinajstić information content (AvgIpc) is 2.51. The van der Waals surface area contributed by atoms with Crippen LogP contribution in [0.15, 0.2) is 0 Å². The van der Waals surface area contributed by atoms with Crippen LogP contribution in [0.1, 0.15) is 20.3 Å². The number of nitrogens with zero attached hydrogens (tertiary/aromatic N) is 1. The lowest BCUT2D eigenvalue weighted by molar-refractivity contribution is 0.00554. The maximum Gasteiger partial charge on any atom is 0.152 e. The molecule has 24 heavy (non-hydrogen) atoms. The monoisotopic (exact) mass is 409 g/mol. The third-order valence-corrected chi connectivity index (χ3v) is 5.73. The summed E-state index contributed by atoms with van der Waals surface area (Å²) in [6.07, 6.45) is 0.342. The predicted molar refractivity (Wildman–Crippen MR) is 95.2 cm³/mol. The minimum atomic E-state index is -3.20. The van der Waals surface area contributed by atoms with Gasteiger partial charge in [0.1, 0.15) is 0 Å². The normalized spacial score (nSPS) is 12.9. The van der Waals surface area contributed by atoms with Crippen LogP contribution in [0.3, 0.4) is 0 Å². The van der Waals surface area contributed by atoms with Crippen LogP contribution >= 0.6 is 23.6 Å². The summed E-state index contributed by atoms with van der Waals surface area (Å²) < 4.78 is 45.4. The summed E-state index contributed by atoms with van der Waals surface area (Å²) in [5.74, 6) is -0.0254. The molecule has 146 valence electrons. The van der Waals surface area contributed by atoms with Crippen molar-refractivity contribution in [3.8, 4) is 0 Å². The number of rotatable bonds is 16. The topological polar surface area (TPSA) is 74.3 Å². The molecule has 0 spiro atoms. The maximum absolute atomic E-state index is 11.9. The molecule has 0 amide bonds. The lowest BCUT2D eigenvalue weighted by Crippen LogP contribution is -2.34. The van der Waals surface area contributed by atoms with Gasteiger partial charge >= 0.3 is 0 Å². The summed E-state index contributed by atoms with van der Waals surface area (Å²) in [6, 6.07) is 0. The second kappa shape index (κ2) is 13.5. The van der Waals surface area contributed by atoms with Gasteiger partial charge in [-0.05, 0) is 43.8 Å². The van der Waals surface area contributed by atoms with Crippen LogP contribution in [0.25, 0.3) is 0 Å². The molecule has 7 nitrogen and oxygen atoms in total. The first-order chi connectivity index (χ1) is 11.2. The van der Waals surface area contributed by atoms with Crippen molar-refractivity contribution < 1.29 is 27.4 Å². The van der Waals surface area contributed by atoms with Crippen molar-refractivity contribution in [1.82, 2.24) is 3.94 Å². The van der Waals surface area contributed by atoms with Gasteiger partial charge in [0.15, 0.2) is 9.84 Å². The largest absolute Gasteiger partial charge is 0.382 e. The van der Waals surface area contributed by atoms with Gasteiger partial charge in [0.05, 0.1) is 57.8 Å². The van der Waals surface area contributed by atoms with Gasteiger partial charge in [-0.1, -0.05) is 0 Å². The van der Waals surface area contributed by atoms with Crippen molar-refractivity contribution in [3.05, 3.63) is 0 Å². The molecule has 0 aliphatic heterocycles. The molecule has 0 saturated carbocycles. The Morgan fingerprint density at radius 1 is 0.833 bits per heavy atom. The first-order valence-electron chi connectivity index (χ1n) is 7.75. The molecule has 0 N–H and O–H groups in total. The molecule has 0 rings (SSSR count). The van der Waals surface area contributed by atoms with E-state index in [0.717, 1.165) is 3.94 Å². The number of hydrogen-bond acceptors (Lipinski definition) is 7. The molecule has 0 aliphatic carbocycles. The minimum absolute atomic E-state index is 0.00854. The molecule has 0 aromatic rings. The predicted octanol–water partition coefficient (Wildman–Crippen LogP) is 1.88. The molecule has 10 heteroatoms. The molecule has 0 aromatic heterocycles. The Bertz CT molecular complexity index is 406. The Balaban J connectivity index is 3.59. The highest BCUT2D eigenvalue weighted by Gasteiger charge is 2.26. The van der Waals surface area contributed by atoms with Crippen molar-refractivity contribution in [1.29, 1.82) is 0 Å². The standard InChI is InChI=1S/C14H29Cl2NO6S/c1-14(2,17(15)16)4-12-24(18,19)13-11-23-10-9-22-8-7-21-6-5-20-3/h4-13H2,1-3H3. The van der Waals surface area contributed by atoms with Gasteiger partial charge in [-0.2, -0.15) is 0 Å². The van der Waals surface area contributed by atoms with E-state index in [4.69, 9.17) is 42.5 Å². The van der Waals surface area contributed by atoms with E-state index < -0.39 is 15.4 Å². The second-order valence-electron chi connectivity index (χ2n) is 5.78. The van der Waals surface area contributed by atoms with Gasteiger partial charge < -0.3 is 18.9 Å². The van der Waals surface area contributed by atoms with E-state index in [0.29, 0.717) is 46.1 Å². The third kappa shape index (κ3) is 13.6. The van der Waals surface area contributed by atoms with Crippen LogP contribution in [0, 0.1) is 0 Å². The van der Waals surface area contributed by atoms with Gasteiger partial charge in [-0.15, -0.1) is 3.94 Å². The fourth-order valence-corrected chi connectivity index (χ4v) is 3.02. The fourth-order valence-electron chi connectivity index (χ4n) is 1.46. The van der Waals surface area contributed by atoms with Crippen molar-refractivity contribution in [2.24, 2.45) is 0 Å². The molecule has 0 saturated heterocycles. The Morgan fingerprint density at radius 2 is 1.29 bits per heavy atom. The fraction of sp³-hybridized carbons (Fsp3) is 1.00. The van der Waals surface area contributed by atoms with Crippen LogP contribution in [0.2, 0.25) is 0 Å². The minimum Gasteiger partial charge on any atom is -0.382 e. The number of sulfone groups is 1. The van der Waals surface area contributed by atoms with Crippen LogP contribution in [0.4, 0.5) is 0 Å². The summed E-state index contributed by atoms with van der Waals surface area (Å²) in [6.45, 7) is 6.48. The second-order valence-corrected chi connectivity index (χ2v) is 8.93. The van der Waals surface area contributed by atoms with Crippen molar-refractivity contribution in [3.63, 3.8) is 0 Å². The molecule has 0 fully saturated rings. The van der Waals surface area contributed by atoms with E-state index in [1.165, 1.54) is 0 Å².